The van der Waals surface area contributed by atoms with Crippen molar-refractivity contribution in [3.8, 4) is 11.5 Å². The summed E-state index contributed by atoms with van der Waals surface area (Å²) in [6.45, 7) is 6.82. The lowest BCUT2D eigenvalue weighted by Gasteiger charge is -2.26. The molecule has 150 valence electrons. The second kappa shape index (κ2) is 9.26. The van der Waals surface area contributed by atoms with Gasteiger partial charge in [-0.3, -0.25) is 4.79 Å². The second-order valence-electron chi connectivity index (χ2n) is 6.71. The molecule has 5 nitrogen and oxygen atoms in total. The molecule has 0 aromatic heterocycles. The summed E-state index contributed by atoms with van der Waals surface area (Å²) in [5.74, 6) is 0.736. The summed E-state index contributed by atoms with van der Waals surface area (Å²) < 4.78 is 25.3. The summed E-state index contributed by atoms with van der Waals surface area (Å²) in [6, 6.07) is 8.27. The molecule has 0 aliphatic carbocycles. The maximum Gasteiger partial charge on any atom is 0.279 e. The Bertz CT molecular complexity index is 860. The highest BCUT2D eigenvalue weighted by atomic mass is 35.5. The molecule has 1 amide bonds. The number of halogens is 2. The van der Waals surface area contributed by atoms with Gasteiger partial charge in [-0.2, -0.15) is 0 Å². The molecule has 0 saturated carbocycles. The van der Waals surface area contributed by atoms with E-state index in [4.69, 9.17) is 21.1 Å². The minimum atomic E-state index is -0.537. The first kappa shape index (κ1) is 20.4. The third-order valence-electron chi connectivity index (χ3n) is 4.67. The average molecular weight is 408 g/mol. The number of quaternary nitrogens is 1. The fourth-order valence-electron chi connectivity index (χ4n) is 3.41. The minimum Gasteiger partial charge on any atom is -0.490 e. The maximum atomic E-state index is 13.9. The first-order valence-electron chi connectivity index (χ1n) is 9.50. The predicted molar refractivity (Wildman–Crippen MR) is 107 cm³/mol. The Hall–Kier alpha value is -2.31. The Balaban J connectivity index is 1.67. The van der Waals surface area contributed by atoms with Crippen LogP contribution in [0.3, 0.4) is 0 Å². The number of rotatable bonds is 7. The lowest BCUT2D eigenvalue weighted by molar-refractivity contribution is -0.907. The molecule has 0 saturated heterocycles. The molecule has 3 rings (SSSR count). The fourth-order valence-corrected chi connectivity index (χ4v) is 3.57. The van der Waals surface area contributed by atoms with Crippen molar-refractivity contribution >= 4 is 23.2 Å². The predicted octanol–water partition coefficient (Wildman–Crippen LogP) is 2.86. The van der Waals surface area contributed by atoms with Crippen molar-refractivity contribution in [2.45, 2.75) is 26.8 Å². The summed E-state index contributed by atoms with van der Waals surface area (Å²) in [6.07, 6.45) is 0.847. The molecular formula is C21H25ClFN2O3+. The lowest BCUT2D eigenvalue weighted by Crippen LogP contribution is -3.12. The molecule has 2 aromatic rings. The van der Waals surface area contributed by atoms with Crippen molar-refractivity contribution in [2.24, 2.45) is 0 Å². The molecule has 1 unspecified atom stereocenters. The molecule has 1 atom stereocenters. The van der Waals surface area contributed by atoms with E-state index in [0.717, 1.165) is 34.9 Å². The zero-order chi connectivity index (χ0) is 20.1. The van der Waals surface area contributed by atoms with E-state index in [1.807, 2.05) is 26.0 Å². The van der Waals surface area contributed by atoms with E-state index in [0.29, 0.717) is 24.8 Å². The first-order chi connectivity index (χ1) is 13.5. The highest BCUT2D eigenvalue weighted by Gasteiger charge is 2.24. The van der Waals surface area contributed by atoms with Gasteiger partial charge in [0.25, 0.3) is 5.91 Å². The molecule has 0 radical (unpaired) electrons. The monoisotopic (exact) mass is 407 g/mol. The number of carbonyl (C=O) groups is 1. The molecular weight excluding hydrogens is 383 g/mol. The highest BCUT2D eigenvalue weighted by molar-refractivity contribution is 6.30. The van der Waals surface area contributed by atoms with Gasteiger partial charge in [0.15, 0.2) is 18.0 Å². The summed E-state index contributed by atoms with van der Waals surface area (Å²) in [5.41, 5.74) is 2.52. The molecule has 7 heteroatoms. The summed E-state index contributed by atoms with van der Waals surface area (Å²) in [7, 11) is 0. The number of fused-ring (bicyclic) bond motifs is 1. The van der Waals surface area contributed by atoms with E-state index in [2.05, 4.69) is 5.32 Å². The summed E-state index contributed by atoms with van der Waals surface area (Å²) in [4.78, 5) is 13.5. The van der Waals surface area contributed by atoms with E-state index < -0.39 is 5.82 Å². The van der Waals surface area contributed by atoms with Crippen LogP contribution < -0.4 is 19.7 Å². The van der Waals surface area contributed by atoms with E-state index in [1.165, 1.54) is 17.7 Å². The van der Waals surface area contributed by atoms with Crippen LogP contribution in [0.15, 0.2) is 30.3 Å². The van der Waals surface area contributed by atoms with Crippen molar-refractivity contribution in [2.75, 3.05) is 31.6 Å². The molecule has 1 heterocycles. The van der Waals surface area contributed by atoms with E-state index >= 15 is 0 Å². The van der Waals surface area contributed by atoms with Crippen LogP contribution in [0.4, 0.5) is 10.1 Å². The molecule has 28 heavy (non-hydrogen) atoms. The van der Waals surface area contributed by atoms with Gasteiger partial charge in [-0.05, 0) is 49.7 Å². The first-order valence-corrected chi connectivity index (χ1v) is 9.87. The molecule has 0 bridgehead atoms. The zero-order valence-electron chi connectivity index (χ0n) is 16.1. The third kappa shape index (κ3) is 4.94. The number of benzene rings is 2. The summed E-state index contributed by atoms with van der Waals surface area (Å²) >= 11 is 5.75. The zero-order valence-corrected chi connectivity index (χ0v) is 16.9. The van der Waals surface area contributed by atoms with Crippen LogP contribution >= 0.6 is 11.6 Å². The van der Waals surface area contributed by atoms with Gasteiger partial charge in [0.1, 0.15) is 12.4 Å². The van der Waals surface area contributed by atoms with Gasteiger partial charge in [0.2, 0.25) is 0 Å². The van der Waals surface area contributed by atoms with Crippen LogP contribution in [0.1, 0.15) is 25.0 Å². The molecule has 2 N–H and O–H groups in total. The Morgan fingerprint density at radius 1 is 1.14 bits per heavy atom. The maximum absolute atomic E-state index is 13.9. The minimum absolute atomic E-state index is 0.145. The molecule has 1 aliphatic heterocycles. The highest BCUT2D eigenvalue weighted by Crippen LogP contribution is 2.32. The van der Waals surface area contributed by atoms with Gasteiger partial charge in [0, 0.05) is 17.0 Å². The van der Waals surface area contributed by atoms with Gasteiger partial charge in [0.05, 0.1) is 25.4 Å². The number of anilines is 1. The molecule has 0 spiro atoms. The normalized spacial score (nSPS) is 15.6. The molecule has 1 aliphatic rings. The number of nitrogens with one attached hydrogen (secondary N) is 2. The fraction of sp³-hybridized carbons (Fsp3) is 0.381. The number of amides is 1. The number of carbonyl (C=O) groups excluding carboxylic acids is 1. The Labute approximate surface area is 169 Å². The molecule has 0 fully saturated rings. The summed E-state index contributed by atoms with van der Waals surface area (Å²) in [5, 5.41) is 2.92. The Kier molecular flexibility index (Phi) is 6.75. The quantitative estimate of drug-likeness (QED) is 0.742. The average Bonchev–Trinajstić information content (AvgIpc) is 2.65. The number of hydrogen-bond donors (Lipinski definition) is 2. The van der Waals surface area contributed by atoms with Crippen LogP contribution in [0.5, 0.6) is 11.5 Å². The smallest absolute Gasteiger partial charge is 0.279 e. The van der Waals surface area contributed by atoms with E-state index in [9.17, 15) is 9.18 Å². The van der Waals surface area contributed by atoms with Crippen molar-refractivity contribution in [3.63, 3.8) is 0 Å². The van der Waals surface area contributed by atoms with Crippen molar-refractivity contribution in [3.05, 3.63) is 52.3 Å². The van der Waals surface area contributed by atoms with Gasteiger partial charge >= 0.3 is 0 Å². The molecule has 2 aromatic carbocycles. The third-order valence-corrected chi connectivity index (χ3v) is 4.90. The van der Waals surface area contributed by atoms with Crippen LogP contribution in [0.2, 0.25) is 5.02 Å². The number of ether oxygens (including phenoxy) is 2. The van der Waals surface area contributed by atoms with Crippen molar-refractivity contribution < 1.29 is 23.6 Å². The standard InChI is InChI=1S/C21H24ClFN2O3/c1-3-27-19-9-14-7-8-25(12-15(14)10-20(19)28-4-2)13-21(26)24-18-6-5-16(22)11-17(18)23/h5-6,9-11H,3-4,7-8,12-13H2,1-2H3,(H,24,26)/p+1. The Morgan fingerprint density at radius 3 is 2.46 bits per heavy atom. The topological polar surface area (TPSA) is 52.0 Å². The van der Waals surface area contributed by atoms with Gasteiger partial charge in [-0.1, -0.05) is 11.6 Å². The Morgan fingerprint density at radius 2 is 1.82 bits per heavy atom. The van der Waals surface area contributed by atoms with E-state index in [-0.39, 0.29) is 18.1 Å². The second-order valence-corrected chi connectivity index (χ2v) is 7.15. The SMILES string of the molecule is CCOc1cc2c(cc1OCC)C[NH+](CC(=O)Nc1ccc(Cl)cc1F)CC2. The van der Waals surface area contributed by atoms with Crippen LogP contribution in [-0.4, -0.2) is 32.2 Å². The van der Waals surface area contributed by atoms with Crippen molar-refractivity contribution in [1.82, 2.24) is 0 Å². The lowest BCUT2D eigenvalue weighted by atomic mass is 9.98. The largest absolute Gasteiger partial charge is 0.490 e. The number of hydrogen-bond acceptors (Lipinski definition) is 3. The van der Waals surface area contributed by atoms with Crippen LogP contribution in [0.25, 0.3) is 0 Å². The van der Waals surface area contributed by atoms with Crippen molar-refractivity contribution in [1.29, 1.82) is 0 Å². The van der Waals surface area contributed by atoms with E-state index in [1.54, 1.807) is 6.07 Å². The van der Waals surface area contributed by atoms with Gasteiger partial charge in [-0.25, -0.2) is 4.39 Å². The van der Waals surface area contributed by atoms with Crippen LogP contribution in [-0.2, 0) is 17.8 Å². The van der Waals surface area contributed by atoms with Crippen LogP contribution in [0, 0.1) is 5.82 Å². The van der Waals surface area contributed by atoms with Gasteiger partial charge < -0.3 is 19.7 Å². The van der Waals surface area contributed by atoms with Gasteiger partial charge in [-0.15, -0.1) is 0 Å².